The number of benzene rings is 2. The van der Waals surface area contributed by atoms with Gasteiger partial charge in [0.1, 0.15) is 11.6 Å². The van der Waals surface area contributed by atoms with Gasteiger partial charge < -0.3 is 14.6 Å². The fourth-order valence-corrected chi connectivity index (χ4v) is 4.08. The third-order valence-electron chi connectivity index (χ3n) is 5.69. The van der Waals surface area contributed by atoms with E-state index in [0.29, 0.717) is 6.42 Å². The number of unbranched alkanes of at least 4 members (excludes halogenated alkanes) is 3. The molecule has 0 unspecified atom stereocenters. The number of aryl methyl sites for hydroxylation is 4. The molecule has 0 saturated heterocycles. The number of carbonyl (C=O) groups is 1. The highest BCUT2D eigenvalue weighted by Gasteiger charge is 2.10. The second-order valence-electron chi connectivity index (χ2n) is 8.56. The summed E-state index contributed by atoms with van der Waals surface area (Å²) in [7, 11) is 0. The van der Waals surface area contributed by atoms with E-state index in [1.54, 1.807) is 0 Å². The van der Waals surface area contributed by atoms with Gasteiger partial charge in [-0.05, 0) is 74.9 Å². The number of fused-ring (bicyclic) bond motifs is 1. The minimum Gasteiger partial charge on any atom is -0.494 e. The number of nitrogens with one attached hydrogen (secondary N) is 1. The number of rotatable bonds is 13. The Hall–Kier alpha value is -2.82. The van der Waals surface area contributed by atoms with Crippen LogP contribution in [0.2, 0.25) is 0 Å². The van der Waals surface area contributed by atoms with Crippen LogP contribution in [0.25, 0.3) is 11.0 Å². The molecule has 3 rings (SSSR count). The molecule has 0 saturated carbocycles. The van der Waals surface area contributed by atoms with Gasteiger partial charge in [0.2, 0.25) is 5.91 Å². The molecule has 0 aliphatic carbocycles. The summed E-state index contributed by atoms with van der Waals surface area (Å²) >= 11 is 0. The van der Waals surface area contributed by atoms with Gasteiger partial charge in [0.25, 0.3) is 0 Å². The predicted octanol–water partition coefficient (Wildman–Crippen LogP) is 5.75. The van der Waals surface area contributed by atoms with Crippen LogP contribution in [0.3, 0.4) is 0 Å². The number of hydrogen-bond acceptors (Lipinski definition) is 3. The van der Waals surface area contributed by atoms with Crippen LogP contribution in [0.4, 0.5) is 0 Å². The molecule has 32 heavy (non-hydrogen) atoms. The van der Waals surface area contributed by atoms with Crippen LogP contribution in [0.15, 0.2) is 42.5 Å². The molecular weight excluding hydrogens is 398 g/mol. The molecule has 0 aliphatic heterocycles. The highest BCUT2D eigenvalue weighted by Crippen LogP contribution is 2.20. The first-order valence-corrected chi connectivity index (χ1v) is 12.0. The molecule has 172 valence electrons. The minimum absolute atomic E-state index is 0.133. The summed E-state index contributed by atoms with van der Waals surface area (Å²) in [6.45, 7) is 8.55. The Labute approximate surface area is 192 Å². The number of aromatic nitrogens is 2. The van der Waals surface area contributed by atoms with Crippen LogP contribution in [-0.4, -0.2) is 28.6 Å². The lowest BCUT2D eigenvalue weighted by atomic mass is 10.1. The molecule has 5 heteroatoms. The van der Waals surface area contributed by atoms with Gasteiger partial charge in [-0.3, -0.25) is 4.79 Å². The van der Waals surface area contributed by atoms with Crippen LogP contribution in [0.1, 0.15) is 62.4 Å². The lowest BCUT2D eigenvalue weighted by molar-refractivity contribution is -0.120. The van der Waals surface area contributed by atoms with E-state index in [1.165, 1.54) is 22.5 Å². The van der Waals surface area contributed by atoms with Crippen molar-refractivity contribution in [1.29, 1.82) is 0 Å². The molecule has 3 aromatic rings. The molecule has 0 radical (unpaired) electrons. The van der Waals surface area contributed by atoms with Crippen molar-refractivity contribution in [3.8, 4) is 5.75 Å². The molecule has 2 aromatic carbocycles. The summed E-state index contributed by atoms with van der Waals surface area (Å²) in [6.07, 6.45) is 6.78. The number of hydrogen-bond donors (Lipinski definition) is 1. The summed E-state index contributed by atoms with van der Waals surface area (Å²) < 4.78 is 8.36. The largest absolute Gasteiger partial charge is 0.494 e. The van der Waals surface area contributed by atoms with E-state index in [9.17, 15) is 4.79 Å². The van der Waals surface area contributed by atoms with Crippen molar-refractivity contribution in [3.63, 3.8) is 0 Å². The number of carbonyl (C=O) groups excluding carboxylic acids is 1. The first-order chi connectivity index (χ1) is 15.6. The molecule has 0 spiro atoms. The molecule has 5 nitrogen and oxygen atoms in total. The highest BCUT2D eigenvalue weighted by atomic mass is 16.5. The summed E-state index contributed by atoms with van der Waals surface area (Å²) in [4.78, 5) is 16.2. The number of nitrogens with zero attached hydrogens (tertiary/aromatic N) is 2. The van der Waals surface area contributed by atoms with Crippen LogP contribution in [0, 0.1) is 13.8 Å². The Morgan fingerprint density at radius 3 is 2.56 bits per heavy atom. The zero-order chi connectivity index (χ0) is 22.8. The zero-order valence-corrected chi connectivity index (χ0v) is 19.8. The summed E-state index contributed by atoms with van der Waals surface area (Å²) in [6, 6.07) is 14.8. The van der Waals surface area contributed by atoms with Gasteiger partial charge in [0.05, 0.1) is 17.6 Å². The molecule has 0 atom stereocenters. The third-order valence-corrected chi connectivity index (χ3v) is 5.69. The maximum atomic E-state index is 11.3. The van der Waals surface area contributed by atoms with Crippen molar-refractivity contribution in [2.75, 3.05) is 13.2 Å². The fraction of sp³-hybridized carbons (Fsp3) is 0.481. The van der Waals surface area contributed by atoms with E-state index in [0.717, 1.165) is 69.5 Å². The second kappa shape index (κ2) is 12.3. The summed E-state index contributed by atoms with van der Waals surface area (Å²) in [5, 5.41) is 2.95. The number of ether oxygens (including phenoxy) is 1. The van der Waals surface area contributed by atoms with E-state index in [-0.39, 0.29) is 5.91 Å². The Bertz CT molecular complexity index is 989. The average Bonchev–Trinajstić information content (AvgIpc) is 3.12. The van der Waals surface area contributed by atoms with Gasteiger partial charge in [0, 0.05) is 25.9 Å². The van der Waals surface area contributed by atoms with Crippen molar-refractivity contribution in [1.82, 2.24) is 14.9 Å². The van der Waals surface area contributed by atoms with Crippen LogP contribution in [0.5, 0.6) is 5.75 Å². The van der Waals surface area contributed by atoms with Crippen molar-refractivity contribution in [2.24, 2.45) is 0 Å². The number of imidazole rings is 1. The van der Waals surface area contributed by atoms with E-state index in [2.05, 4.69) is 66.2 Å². The SMILES string of the molecule is CCC(=O)NCCCCCc1nc2ccccc2n1CCCCOc1cc(C)cc(C)c1. The van der Waals surface area contributed by atoms with Crippen LogP contribution in [-0.2, 0) is 17.8 Å². The lowest BCUT2D eigenvalue weighted by Crippen LogP contribution is -2.23. The van der Waals surface area contributed by atoms with Crippen molar-refractivity contribution in [2.45, 2.75) is 72.3 Å². The van der Waals surface area contributed by atoms with E-state index >= 15 is 0 Å². The molecular formula is C27H37N3O2. The molecule has 0 fully saturated rings. The van der Waals surface area contributed by atoms with Gasteiger partial charge >= 0.3 is 0 Å². The minimum atomic E-state index is 0.133. The van der Waals surface area contributed by atoms with Crippen LogP contribution >= 0.6 is 0 Å². The molecule has 1 aromatic heterocycles. The lowest BCUT2D eigenvalue weighted by Gasteiger charge is -2.11. The maximum absolute atomic E-state index is 11.3. The third kappa shape index (κ3) is 7.11. The molecule has 1 heterocycles. The first-order valence-electron chi connectivity index (χ1n) is 12.0. The monoisotopic (exact) mass is 435 g/mol. The molecule has 1 N–H and O–H groups in total. The van der Waals surface area contributed by atoms with Gasteiger partial charge in [-0.2, -0.15) is 0 Å². The van der Waals surface area contributed by atoms with E-state index in [4.69, 9.17) is 9.72 Å². The standard InChI is InChI=1S/C27H37N3O2/c1-4-27(31)28-15-9-5-6-14-26-29-24-12-7-8-13-25(24)30(26)16-10-11-17-32-23-19-21(2)18-22(3)20-23/h7-8,12-13,18-20H,4-6,9-11,14-17H2,1-3H3,(H,28,31). The average molecular weight is 436 g/mol. The number of para-hydroxylation sites is 2. The van der Waals surface area contributed by atoms with E-state index < -0.39 is 0 Å². The summed E-state index contributed by atoms with van der Waals surface area (Å²) in [5.41, 5.74) is 4.77. The van der Waals surface area contributed by atoms with E-state index in [1.807, 2.05) is 6.92 Å². The van der Waals surface area contributed by atoms with Gasteiger partial charge in [-0.15, -0.1) is 0 Å². The second-order valence-corrected chi connectivity index (χ2v) is 8.56. The fourth-order valence-electron chi connectivity index (χ4n) is 4.08. The van der Waals surface area contributed by atoms with Gasteiger partial charge in [-0.1, -0.05) is 31.5 Å². The Morgan fingerprint density at radius 2 is 1.78 bits per heavy atom. The maximum Gasteiger partial charge on any atom is 0.219 e. The topological polar surface area (TPSA) is 56.2 Å². The van der Waals surface area contributed by atoms with Crippen molar-refractivity contribution >= 4 is 16.9 Å². The Kier molecular flexibility index (Phi) is 9.14. The first kappa shape index (κ1) is 23.8. The predicted molar refractivity (Wildman–Crippen MR) is 131 cm³/mol. The highest BCUT2D eigenvalue weighted by molar-refractivity contribution is 5.76. The Morgan fingerprint density at radius 1 is 1.00 bits per heavy atom. The molecule has 0 bridgehead atoms. The van der Waals surface area contributed by atoms with Crippen molar-refractivity contribution in [3.05, 3.63) is 59.4 Å². The smallest absolute Gasteiger partial charge is 0.219 e. The van der Waals surface area contributed by atoms with Gasteiger partial charge in [0.15, 0.2) is 0 Å². The number of amides is 1. The summed E-state index contributed by atoms with van der Waals surface area (Å²) in [5.74, 6) is 2.26. The Balaban J connectivity index is 1.48. The van der Waals surface area contributed by atoms with Gasteiger partial charge in [-0.25, -0.2) is 4.98 Å². The van der Waals surface area contributed by atoms with Crippen molar-refractivity contribution < 1.29 is 9.53 Å². The van der Waals surface area contributed by atoms with Crippen LogP contribution < -0.4 is 10.1 Å². The normalized spacial score (nSPS) is 11.1. The molecule has 1 amide bonds. The quantitative estimate of drug-likeness (QED) is 0.348. The zero-order valence-electron chi connectivity index (χ0n) is 19.8. The molecule has 0 aliphatic rings.